The summed E-state index contributed by atoms with van der Waals surface area (Å²) < 4.78 is 35.2. The molecule has 3 atom stereocenters. The second-order valence-corrected chi connectivity index (χ2v) is 8.15. The van der Waals surface area contributed by atoms with E-state index < -0.39 is 17.7 Å². The monoisotopic (exact) mass is 436 g/mol. The van der Waals surface area contributed by atoms with Crippen LogP contribution in [0.4, 0.5) is 14.5 Å². The lowest BCUT2D eigenvalue weighted by Crippen LogP contribution is -2.31. The number of methoxy groups -OCH3 is 1. The van der Waals surface area contributed by atoms with Crippen LogP contribution in [0.15, 0.2) is 36.5 Å². The van der Waals surface area contributed by atoms with Crippen molar-refractivity contribution >= 4 is 11.6 Å². The molecule has 0 bridgehead atoms. The number of benzene rings is 1. The van der Waals surface area contributed by atoms with Crippen molar-refractivity contribution in [1.82, 2.24) is 4.98 Å². The first kappa shape index (κ1) is 24.7. The van der Waals surface area contributed by atoms with E-state index in [-0.39, 0.29) is 29.8 Å². The molecule has 1 aliphatic rings. The molecule has 1 fully saturated rings. The zero-order valence-electron chi connectivity index (χ0n) is 18.5. The van der Waals surface area contributed by atoms with Crippen LogP contribution in [0.25, 0.3) is 0 Å². The van der Waals surface area contributed by atoms with Crippen molar-refractivity contribution in [1.29, 1.82) is 0 Å². The van der Waals surface area contributed by atoms with Gasteiger partial charge in [-0.2, -0.15) is 4.39 Å². The van der Waals surface area contributed by atoms with Crippen LogP contribution in [0, 0.1) is 17.6 Å². The third-order valence-electron chi connectivity index (χ3n) is 5.46. The Morgan fingerprint density at radius 2 is 2.10 bits per heavy atom. The van der Waals surface area contributed by atoms with Gasteiger partial charge in [-0.25, -0.2) is 4.39 Å². The Bertz CT molecular complexity index is 892. The molecule has 31 heavy (non-hydrogen) atoms. The van der Waals surface area contributed by atoms with Gasteiger partial charge in [0.15, 0.2) is 11.6 Å². The second kappa shape index (κ2) is 10.6. The number of aromatic nitrogens is 1. The SMILES string of the molecule is CC(CO)c1cc(NC(=O)C2CC(C)C(C)(C)O2)ccn1.COc1cccc(F)c1F. The van der Waals surface area contributed by atoms with Gasteiger partial charge in [-0.15, -0.1) is 0 Å². The van der Waals surface area contributed by atoms with Crippen molar-refractivity contribution in [2.24, 2.45) is 5.92 Å². The van der Waals surface area contributed by atoms with Gasteiger partial charge in [0, 0.05) is 23.5 Å². The average Bonchev–Trinajstić information content (AvgIpc) is 3.02. The number of pyridine rings is 1. The third kappa shape index (κ3) is 6.45. The molecule has 2 N–H and O–H groups in total. The van der Waals surface area contributed by atoms with Crippen molar-refractivity contribution in [2.45, 2.75) is 51.7 Å². The van der Waals surface area contributed by atoms with E-state index in [1.165, 1.54) is 19.2 Å². The fourth-order valence-electron chi connectivity index (χ4n) is 3.05. The lowest BCUT2D eigenvalue weighted by molar-refractivity contribution is -0.130. The van der Waals surface area contributed by atoms with Gasteiger partial charge in [0.1, 0.15) is 6.10 Å². The van der Waals surface area contributed by atoms with E-state index in [4.69, 9.17) is 4.74 Å². The maximum atomic E-state index is 12.5. The standard InChI is InChI=1S/C16H24N2O3.C7H6F2O/c1-10(9-19)13-8-12(5-6-17-13)18-15(20)14-7-11(2)16(3,4)21-14;1-10-6-4-2-3-5(8)7(6)9/h5-6,8,10-11,14,19H,7,9H2,1-4H3,(H,17,18,20);2-4H,1H3. The minimum Gasteiger partial charge on any atom is -0.494 e. The summed E-state index contributed by atoms with van der Waals surface area (Å²) in [7, 11) is 1.29. The number of anilines is 1. The zero-order chi connectivity index (χ0) is 23.2. The molecule has 0 spiro atoms. The summed E-state index contributed by atoms with van der Waals surface area (Å²) in [5.41, 5.74) is 1.18. The molecule has 6 nitrogen and oxygen atoms in total. The average molecular weight is 436 g/mol. The molecule has 8 heteroatoms. The number of halogens is 2. The molecule has 3 unspecified atom stereocenters. The number of rotatable bonds is 5. The molecule has 170 valence electrons. The molecular weight excluding hydrogens is 406 g/mol. The predicted molar refractivity (Wildman–Crippen MR) is 114 cm³/mol. The second-order valence-electron chi connectivity index (χ2n) is 8.15. The molecule has 2 heterocycles. The molecule has 2 aromatic rings. The van der Waals surface area contributed by atoms with Gasteiger partial charge in [0.05, 0.1) is 19.3 Å². The number of aliphatic hydroxyl groups excluding tert-OH is 1. The van der Waals surface area contributed by atoms with Gasteiger partial charge in [-0.1, -0.05) is 19.9 Å². The first-order valence-electron chi connectivity index (χ1n) is 10.1. The predicted octanol–water partition coefficient (Wildman–Crippen LogP) is 4.29. The first-order chi connectivity index (χ1) is 14.6. The summed E-state index contributed by atoms with van der Waals surface area (Å²) >= 11 is 0. The number of carbonyl (C=O) groups is 1. The smallest absolute Gasteiger partial charge is 0.253 e. The number of hydrogen-bond acceptors (Lipinski definition) is 5. The van der Waals surface area contributed by atoms with E-state index in [0.29, 0.717) is 11.6 Å². The Hall–Kier alpha value is -2.58. The molecule has 0 saturated carbocycles. The highest BCUT2D eigenvalue weighted by Gasteiger charge is 2.41. The fraction of sp³-hybridized carbons (Fsp3) is 0.478. The molecular formula is C23H30F2N2O4. The van der Waals surface area contributed by atoms with Crippen LogP contribution < -0.4 is 10.1 Å². The van der Waals surface area contributed by atoms with E-state index in [1.807, 2.05) is 20.8 Å². The van der Waals surface area contributed by atoms with E-state index in [0.717, 1.165) is 18.2 Å². The maximum Gasteiger partial charge on any atom is 0.253 e. The summed E-state index contributed by atoms with van der Waals surface area (Å²) in [5, 5.41) is 12.0. The number of ether oxygens (including phenoxy) is 2. The van der Waals surface area contributed by atoms with Gasteiger partial charge < -0.3 is 19.9 Å². The van der Waals surface area contributed by atoms with Crippen molar-refractivity contribution in [2.75, 3.05) is 19.0 Å². The highest BCUT2D eigenvalue weighted by molar-refractivity contribution is 5.94. The Kier molecular flexibility index (Phi) is 8.47. The summed E-state index contributed by atoms with van der Waals surface area (Å²) in [6, 6.07) is 7.32. The highest BCUT2D eigenvalue weighted by atomic mass is 19.2. The molecule has 1 saturated heterocycles. The number of hydrogen-bond donors (Lipinski definition) is 2. The fourth-order valence-corrected chi connectivity index (χ4v) is 3.05. The van der Waals surface area contributed by atoms with Crippen LogP contribution in [-0.4, -0.2) is 41.4 Å². The van der Waals surface area contributed by atoms with E-state index in [9.17, 15) is 18.7 Å². The quantitative estimate of drug-likeness (QED) is 0.731. The Morgan fingerprint density at radius 1 is 1.39 bits per heavy atom. The van der Waals surface area contributed by atoms with Crippen LogP contribution >= 0.6 is 0 Å². The van der Waals surface area contributed by atoms with Crippen molar-refractivity contribution in [3.8, 4) is 5.75 Å². The normalized spacial score (nSPS) is 20.4. The lowest BCUT2D eigenvalue weighted by atomic mass is 9.92. The summed E-state index contributed by atoms with van der Waals surface area (Å²) in [5.74, 6) is -1.73. The minimum absolute atomic E-state index is 0.0296. The molecule has 0 aliphatic carbocycles. The van der Waals surface area contributed by atoms with E-state index >= 15 is 0 Å². The van der Waals surface area contributed by atoms with Gasteiger partial charge in [0.25, 0.3) is 5.91 Å². The molecule has 1 aromatic heterocycles. The van der Waals surface area contributed by atoms with Gasteiger partial charge in [-0.3, -0.25) is 9.78 Å². The topological polar surface area (TPSA) is 80.7 Å². The largest absolute Gasteiger partial charge is 0.494 e. The molecule has 1 amide bonds. The zero-order valence-corrected chi connectivity index (χ0v) is 18.5. The summed E-state index contributed by atoms with van der Waals surface area (Å²) in [6.45, 7) is 8.04. The van der Waals surface area contributed by atoms with E-state index in [2.05, 4.69) is 22.0 Å². The Balaban J connectivity index is 0.000000285. The number of amides is 1. The summed E-state index contributed by atoms with van der Waals surface area (Å²) in [4.78, 5) is 16.5. The molecule has 1 aromatic carbocycles. The van der Waals surface area contributed by atoms with Crippen LogP contribution in [0.3, 0.4) is 0 Å². The maximum absolute atomic E-state index is 12.5. The number of carbonyl (C=O) groups excluding carboxylic acids is 1. The van der Waals surface area contributed by atoms with Gasteiger partial charge in [-0.05, 0) is 50.5 Å². The third-order valence-corrected chi connectivity index (χ3v) is 5.46. The lowest BCUT2D eigenvalue weighted by Gasteiger charge is -2.22. The van der Waals surface area contributed by atoms with Crippen molar-refractivity contribution < 1.29 is 28.2 Å². The van der Waals surface area contributed by atoms with Gasteiger partial charge in [0.2, 0.25) is 5.82 Å². The number of nitrogens with zero attached hydrogens (tertiary/aromatic N) is 1. The van der Waals surface area contributed by atoms with Crippen molar-refractivity contribution in [3.05, 3.63) is 53.9 Å². The number of nitrogens with one attached hydrogen (secondary N) is 1. The van der Waals surface area contributed by atoms with E-state index in [1.54, 1.807) is 18.3 Å². The molecule has 3 rings (SSSR count). The highest BCUT2D eigenvalue weighted by Crippen LogP contribution is 2.35. The molecule has 0 radical (unpaired) electrons. The van der Waals surface area contributed by atoms with Gasteiger partial charge >= 0.3 is 0 Å². The van der Waals surface area contributed by atoms with Crippen LogP contribution in [0.5, 0.6) is 5.75 Å². The van der Waals surface area contributed by atoms with Crippen LogP contribution in [0.1, 0.15) is 45.7 Å². The van der Waals surface area contributed by atoms with Crippen LogP contribution in [-0.2, 0) is 9.53 Å². The Morgan fingerprint density at radius 3 is 2.65 bits per heavy atom. The Labute approximate surface area is 181 Å². The first-order valence-corrected chi connectivity index (χ1v) is 10.1. The molecule has 1 aliphatic heterocycles. The summed E-state index contributed by atoms with van der Waals surface area (Å²) in [6.07, 6.45) is 1.95. The van der Waals surface area contributed by atoms with Crippen LogP contribution in [0.2, 0.25) is 0 Å². The number of aliphatic hydroxyl groups is 1. The van der Waals surface area contributed by atoms with Crippen molar-refractivity contribution in [3.63, 3.8) is 0 Å². The minimum atomic E-state index is -0.940.